The fourth-order valence-electron chi connectivity index (χ4n) is 2.68. The highest BCUT2D eigenvalue weighted by Gasteiger charge is 2.28. The lowest BCUT2D eigenvalue weighted by Crippen LogP contribution is -2.46. The average molecular weight is 355 g/mol. The number of β-amino-alcohol motifs (C(OH)–C–C–N with tert-alkyl or cyclic N) is 1. The van der Waals surface area contributed by atoms with E-state index in [4.69, 9.17) is 0 Å². The molecule has 4 heteroatoms. The van der Waals surface area contributed by atoms with Gasteiger partial charge in [0, 0.05) is 35.3 Å². The number of nitrogens with one attached hydrogen (secondary N) is 1. The standard InChI is InChI=1S/C17H27BrN2O/c1-16(2,3)19-11-13-6-7-14(10-15(13)18)20-9-5-8-17(4,21)12-20/h6-7,10,19,21H,5,8-9,11-12H2,1-4H3. The lowest BCUT2D eigenvalue weighted by atomic mass is 9.94. The monoisotopic (exact) mass is 354 g/mol. The number of anilines is 1. The van der Waals surface area contributed by atoms with Gasteiger partial charge in [0.1, 0.15) is 0 Å². The predicted molar refractivity (Wildman–Crippen MR) is 92.8 cm³/mol. The van der Waals surface area contributed by atoms with Crippen LogP contribution >= 0.6 is 15.9 Å². The van der Waals surface area contributed by atoms with E-state index >= 15 is 0 Å². The molecule has 0 spiro atoms. The summed E-state index contributed by atoms with van der Waals surface area (Å²) in [5.74, 6) is 0. The Bertz CT molecular complexity index is 494. The van der Waals surface area contributed by atoms with E-state index in [-0.39, 0.29) is 5.54 Å². The molecule has 1 unspecified atom stereocenters. The van der Waals surface area contributed by atoms with Gasteiger partial charge < -0.3 is 15.3 Å². The number of aliphatic hydroxyl groups is 1. The third-order valence-electron chi connectivity index (χ3n) is 3.89. The number of nitrogens with zero attached hydrogens (tertiary/aromatic N) is 1. The maximum Gasteiger partial charge on any atom is 0.0794 e. The summed E-state index contributed by atoms with van der Waals surface area (Å²) in [5.41, 5.74) is 1.99. The molecule has 0 bridgehead atoms. The lowest BCUT2D eigenvalue weighted by Gasteiger charge is -2.38. The largest absolute Gasteiger partial charge is 0.388 e. The molecule has 1 aromatic carbocycles. The first-order chi connectivity index (χ1) is 9.66. The minimum atomic E-state index is -0.572. The molecule has 1 aliphatic heterocycles. The maximum atomic E-state index is 10.2. The van der Waals surface area contributed by atoms with E-state index in [0.717, 1.165) is 30.4 Å². The number of benzene rings is 1. The Hall–Kier alpha value is -0.580. The fourth-order valence-corrected chi connectivity index (χ4v) is 3.18. The number of hydrogen-bond acceptors (Lipinski definition) is 3. The van der Waals surface area contributed by atoms with Crippen molar-refractivity contribution >= 4 is 21.6 Å². The number of piperidine rings is 1. The summed E-state index contributed by atoms with van der Waals surface area (Å²) < 4.78 is 1.13. The minimum Gasteiger partial charge on any atom is -0.388 e. The van der Waals surface area contributed by atoms with E-state index in [0.29, 0.717) is 6.54 Å². The molecular formula is C17H27BrN2O. The zero-order valence-corrected chi connectivity index (χ0v) is 15.1. The highest BCUT2D eigenvalue weighted by atomic mass is 79.9. The Morgan fingerprint density at radius 3 is 2.67 bits per heavy atom. The molecule has 1 saturated heterocycles. The molecule has 1 aromatic rings. The summed E-state index contributed by atoms with van der Waals surface area (Å²) in [6.45, 7) is 11.0. The Morgan fingerprint density at radius 2 is 2.10 bits per heavy atom. The molecule has 1 aliphatic rings. The van der Waals surface area contributed by atoms with E-state index in [2.05, 4.69) is 65.1 Å². The summed E-state index contributed by atoms with van der Waals surface area (Å²) in [5, 5.41) is 13.7. The molecule has 2 N–H and O–H groups in total. The van der Waals surface area contributed by atoms with Crippen LogP contribution in [0, 0.1) is 0 Å². The minimum absolute atomic E-state index is 0.115. The Balaban J connectivity index is 2.08. The van der Waals surface area contributed by atoms with Crippen molar-refractivity contribution in [3.05, 3.63) is 28.2 Å². The molecule has 0 amide bonds. The third-order valence-corrected chi connectivity index (χ3v) is 4.62. The van der Waals surface area contributed by atoms with E-state index in [9.17, 15) is 5.11 Å². The van der Waals surface area contributed by atoms with Crippen LogP contribution in [0.1, 0.15) is 46.1 Å². The SMILES string of the molecule is CC1(O)CCCN(c2ccc(CNC(C)(C)C)c(Br)c2)C1. The second-order valence-electron chi connectivity index (χ2n) is 7.40. The molecule has 0 aromatic heterocycles. The van der Waals surface area contributed by atoms with E-state index < -0.39 is 5.60 Å². The summed E-state index contributed by atoms with van der Waals surface area (Å²) in [7, 11) is 0. The first-order valence-electron chi connectivity index (χ1n) is 7.67. The van der Waals surface area contributed by atoms with Crippen LogP contribution in [0.2, 0.25) is 0 Å². The molecule has 0 aliphatic carbocycles. The Labute approximate surface area is 136 Å². The highest BCUT2D eigenvalue weighted by Crippen LogP contribution is 2.29. The normalized spacial score (nSPS) is 23.4. The number of hydrogen-bond donors (Lipinski definition) is 2. The van der Waals surface area contributed by atoms with Crippen molar-refractivity contribution in [3.63, 3.8) is 0 Å². The van der Waals surface area contributed by atoms with Gasteiger partial charge in [0.15, 0.2) is 0 Å². The second kappa shape index (κ2) is 6.27. The average Bonchev–Trinajstić information content (AvgIpc) is 2.35. The van der Waals surface area contributed by atoms with Crippen molar-refractivity contribution in [2.75, 3.05) is 18.0 Å². The fraction of sp³-hybridized carbons (Fsp3) is 0.647. The predicted octanol–water partition coefficient (Wildman–Crippen LogP) is 3.69. The molecule has 1 fully saturated rings. The van der Waals surface area contributed by atoms with Crippen LogP contribution < -0.4 is 10.2 Å². The molecule has 0 radical (unpaired) electrons. The maximum absolute atomic E-state index is 10.2. The van der Waals surface area contributed by atoms with Crippen LogP contribution in [0.15, 0.2) is 22.7 Å². The smallest absolute Gasteiger partial charge is 0.0794 e. The van der Waals surface area contributed by atoms with Gasteiger partial charge >= 0.3 is 0 Å². The number of rotatable bonds is 3. The molecule has 1 atom stereocenters. The van der Waals surface area contributed by atoms with Crippen LogP contribution in [0.4, 0.5) is 5.69 Å². The van der Waals surface area contributed by atoms with Crippen molar-refractivity contribution in [2.45, 2.75) is 58.2 Å². The van der Waals surface area contributed by atoms with Crippen LogP contribution in [-0.2, 0) is 6.54 Å². The van der Waals surface area contributed by atoms with Gasteiger partial charge in [0.25, 0.3) is 0 Å². The second-order valence-corrected chi connectivity index (χ2v) is 8.26. The Morgan fingerprint density at radius 1 is 1.38 bits per heavy atom. The van der Waals surface area contributed by atoms with Gasteiger partial charge in [-0.15, -0.1) is 0 Å². The first-order valence-corrected chi connectivity index (χ1v) is 8.46. The zero-order valence-electron chi connectivity index (χ0n) is 13.5. The van der Waals surface area contributed by atoms with Gasteiger partial charge in [-0.3, -0.25) is 0 Å². The third kappa shape index (κ3) is 4.97. The van der Waals surface area contributed by atoms with Gasteiger partial charge in [-0.2, -0.15) is 0 Å². The summed E-state index contributed by atoms with van der Waals surface area (Å²) >= 11 is 3.68. The van der Waals surface area contributed by atoms with Crippen molar-refractivity contribution in [2.24, 2.45) is 0 Å². The van der Waals surface area contributed by atoms with Gasteiger partial charge in [-0.1, -0.05) is 22.0 Å². The van der Waals surface area contributed by atoms with Crippen LogP contribution in [0.5, 0.6) is 0 Å². The molecule has 1 heterocycles. The van der Waals surface area contributed by atoms with Crippen molar-refractivity contribution in [3.8, 4) is 0 Å². The number of halogens is 1. The summed E-state index contributed by atoms with van der Waals surface area (Å²) in [6, 6.07) is 6.49. The first kappa shape index (κ1) is 16.8. The van der Waals surface area contributed by atoms with Gasteiger partial charge in [-0.05, 0) is 58.2 Å². The van der Waals surface area contributed by atoms with E-state index in [1.807, 2.05) is 6.92 Å². The lowest BCUT2D eigenvalue weighted by molar-refractivity contribution is 0.0449. The van der Waals surface area contributed by atoms with Crippen LogP contribution in [0.25, 0.3) is 0 Å². The van der Waals surface area contributed by atoms with Crippen molar-refractivity contribution < 1.29 is 5.11 Å². The van der Waals surface area contributed by atoms with Crippen molar-refractivity contribution in [1.82, 2.24) is 5.32 Å². The molecule has 3 nitrogen and oxygen atoms in total. The van der Waals surface area contributed by atoms with Gasteiger partial charge in [-0.25, -0.2) is 0 Å². The van der Waals surface area contributed by atoms with Crippen molar-refractivity contribution in [1.29, 1.82) is 0 Å². The molecular weight excluding hydrogens is 328 g/mol. The Kier molecular flexibility index (Phi) is 5.01. The summed E-state index contributed by atoms with van der Waals surface area (Å²) in [6.07, 6.45) is 1.93. The molecule has 21 heavy (non-hydrogen) atoms. The molecule has 118 valence electrons. The quantitative estimate of drug-likeness (QED) is 0.868. The summed E-state index contributed by atoms with van der Waals surface area (Å²) in [4.78, 5) is 2.27. The zero-order chi connectivity index (χ0) is 15.7. The van der Waals surface area contributed by atoms with E-state index in [1.165, 1.54) is 11.3 Å². The highest BCUT2D eigenvalue weighted by molar-refractivity contribution is 9.10. The molecule has 0 saturated carbocycles. The van der Waals surface area contributed by atoms with Crippen LogP contribution in [0.3, 0.4) is 0 Å². The van der Waals surface area contributed by atoms with Gasteiger partial charge in [0.05, 0.1) is 5.60 Å². The topological polar surface area (TPSA) is 35.5 Å². The van der Waals surface area contributed by atoms with Crippen LogP contribution in [-0.4, -0.2) is 29.3 Å². The molecule has 2 rings (SSSR count). The van der Waals surface area contributed by atoms with Gasteiger partial charge in [0.2, 0.25) is 0 Å². The van der Waals surface area contributed by atoms with E-state index in [1.54, 1.807) is 0 Å².